The van der Waals surface area contributed by atoms with Crippen molar-refractivity contribution in [2.75, 3.05) is 25.5 Å². The Labute approximate surface area is 225 Å². The quantitative estimate of drug-likeness (QED) is 0.315. The number of para-hydroxylation sites is 1. The number of piperidine rings is 1. The Hall–Kier alpha value is -3.37. The normalized spacial score (nSPS) is 14.6. The first-order valence-corrected chi connectivity index (χ1v) is 13.4. The second kappa shape index (κ2) is 12.2. The third-order valence-corrected chi connectivity index (χ3v) is 7.79. The maximum atomic E-state index is 13.4. The van der Waals surface area contributed by atoms with Crippen molar-refractivity contribution in [2.24, 2.45) is 0 Å². The summed E-state index contributed by atoms with van der Waals surface area (Å²) in [5.74, 6) is -0.683. The first-order valence-electron chi connectivity index (χ1n) is 12.1. The number of halogens is 1. The van der Waals surface area contributed by atoms with Gasteiger partial charge in [-0.3, -0.25) is 4.79 Å². The summed E-state index contributed by atoms with van der Waals surface area (Å²) in [6, 6.07) is 13.1. The Morgan fingerprint density at radius 2 is 1.89 bits per heavy atom. The molecule has 10 heteroatoms. The number of hydrogen-bond acceptors (Lipinski definition) is 6. The smallest absolute Gasteiger partial charge is 0.328 e. The minimum absolute atomic E-state index is 0.236. The predicted molar refractivity (Wildman–Crippen MR) is 147 cm³/mol. The molecule has 1 atom stereocenters. The molecule has 1 aliphatic heterocycles. The molecule has 194 valence electrons. The van der Waals surface area contributed by atoms with Crippen molar-refractivity contribution in [3.05, 3.63) is 70.4 Å². The number of nitrogens with zero attached hydrogens (tertiary/aromatic N) is 2. The average molecular weight is 541 g/mol. The van der Waals surface area contributed by atoms with Gasteiger partial charge < -0.3 is 20.3 Å². The zero-order valence-electron chi connectivity index (χ0n) is 20.7. The van der Waals surface area contributed by atoms with Gasteiger partial charge >= 0.3 is 5.97 Å². The summed E-state index contributed by atoms with van der Waals surface area (Å²) in [5.41, 5.74) is 2.63. The van der Waals surface area contributed by atoms with Gasteiger partial charge in [0, 0.05) is 35.6 Å². The summed E-state index contributed by atoms with van der Waals surface area (Å²) >= 11 is 7.00. The highest BCUT2D eigenvalue weighted by molar-refractivity contribution is 7.80. The monoisotopic (exact) mass is 540 g/mol. The van der Waals surface area contributed by atoms with Crippen LogP contribution in [0.25, 0.3) is 11.1 Å². The van der Waals surface area contributed by atoms with Crippen LogP contribution in [0.2, 0.25) is 0 Å². The van der Waals surface area contributed by atoms with Crippen molar-refractivity contribution < 1.29 is 18.7 Å². The van der Waals surface area contributed by atoms with E-state index in [0.717, 1.165) is 42.1 Å². The van der Waals surface area contributed by atoms with Gasteiger partial charge in [0.15, 0.2) is 5.11 Å². The SMILES string of the molecule is CCC(NC(=S)N1CCC(c2nc(C(=O)Nc3ccccc3-c3ccc(F)cc3)cs2)CC1)C(=O)OC. The maximum Gasteiger partial charge on any atom is 0.328 e. The van der Waals surface area contributed by atoms with Crippen molar-refractivity contribution >= 4 is 46.2 Å². The summed E-state index contributed by atoms with van der Waals surface area (Å²) in [7, 11) is 1.37. The molecule has 2 heterocycles. The summed E-state index contributed by atoms with van der Waals surface area (Å²) in [6.45, 7) is 3.38. The third kappa shape index (κ3) is 6.50. The highest BCUT2D eigenvalue weighted by Crippen LogP contribution is 2.32. The fourth-order valence-electron chi connectivity index (χ4n) is 4.28. The highest BCUT2D eigenvalue weighted by atomic mass is 32.1. The molecule has 7 nitrogen and oxygen atoms in total. The van der Waals surface area contributed by atoms with Crippen LogP contribution in [0.3, 0.4) is 0 Å². The van der Waals surface area contributed by atoms with Crippen LogP contribution >= 0.6 is 23.6 Å². The number of thiazole rings is 1. The average Bonchev–Trinajstić information content (AvgIpc) is 3.43. The molecule has 0 bridgehead atoms. The number of benzene rings is 2. The lowest BCUT2D eigenvalue weighted by molar-refractivity contribution is -0.142. The van der Waals surface area contributed by atoms with Gasteiger partial charge in [0.05, 0.1) is 12.1 Å². The van der Waals surface area contributed by atoms with Crippen LogP contribution in [0, 0.1) is 5.82 Å². The van der Waals surface area contributed by atoms with Crippen LogP contribution in [-0.2, 0) is 9.53 Å². The van der Waals surface area contributed by atoms with Gasteiger partial charge in [-0.1, -0.05) is 37.3 Å². The number of anilines is 1. The molecule has 37 heavy (non-hydrogen) atoms. The van der Waals surface area contributed by atoms with Crippen LogP contribution in [0.5, 0.6) is 0 Å². The number of hydrogen-bond donors (Lipinski definition) is 2. The van der Waals surface area contributed by atoms with Crippen molar-refractivity contribution in [3.63, 3.8) is 0 Å². The Morgan fingerprint density at radius 3 is 2.57 bits per heavy atom. The van der Waals surface area contributed by atoms with Crippen molar-refractivity contribution in [1.29, 1.82) is 0 Å². The van der Waals surface area contributed by atoms with Crippen molar-refractivity contribution in [1.82, 2.24) is 15.2 Å². The molecule has 1 fully saturated rings. The lowest BCUT2D eigenvalue weighted by Crippen LogP contribution is -2.49. The molecular weight excluding hydrogens is 511 g/mol. The molecule has 2 N–H and O–H groups in total. The Kier molecular flexibility index (Phi) is 8.83. The van der Waals surface area contributed by atoms with E-state index in [1.54, 1.807) is 17.5 Å². The van der Waals surface area contributed by atoms with Crippen molar-refractivity contribution in [3.8, 4) is 11.1 Å². The fraction of sp³-hybridized carbons (Fsp3) is 0.333. The predicted octanol–water partition coefficient (Wildman–Crippen LogP) is 5.21. The zero-order chi connectivity index (χ0) is 26.4. The number of carbonyl (C=O) groups is 2. The number of thiocarbonyl (C=S) groups is 1. The van der Waals surface area contributed by atoms with Crippen LogP contribution < -0.4 is 10.6 Å². The molecule has 1 unspecified atom stereocenters. The molecule has 4 rings (SSSR count). The van der Waals surface area contributed by atoms with Crippen LogP contribution in [0.15, 0.2) is 53.9 Å². The molecule has 3 aromatic rings. The number of rotatable bonds is 7. The first kappa shape index (κ1) is 26.7. The molecule has 1 aromatic heterocycles. The fourth-order valence-corrected chi connectivity index (χ4v) is 5.57. The topological polar surface area (TPSA) is 83.6 Å². The summed E-state index contributed by atoms with van der Waals surface area (Å²) in [6.07, 6.45) is 2.28. The van der Waals surface area contributed by atoms with E-state index in [9.17, 15) is 14.0 Å². The Balaban J connectivity index is 1.36. The van der Waals surface area contributed by atoms with Crippen molar-refractivity contribution in [2.45, 2.75) is 38.1 Å². The van der Waals surface area contributed by atoms with E-state index in [2.05, 4.69) is 20.5 Å². The summed E-state index contributed by atoms with van der Waals surface area (Å²) in [4.78, 5) is 31.6. The highest BCUT2D eigenvalue weighted by Gasteiger charge is 2.27. The van der Waals surface area contributed by atoms with Gasteiger partial charge in [0.1, 0.15) is 17.6 Å². The van der Waals surface area contributed by atoms with Gasteiger partial charge in [-0.2, -0.15) is 0 Å². The van der Waals surface area contributed by atoms with Crippen LogP contribution in [0.4, 0.5) is 10.1 Å². The maximum absolute atomic E-state index is 13.4. The minimum atomic E-state index is -0.455. The van der Waals surface area contributed by atoms with Crippen LogP contribution in [-0.4, -0.2) is 53.1 Å². The second-order valence-corrected chi connectivity index (χ2v) is 10.0. The number of nitrogens with one attached hydrogen (secondary N) is 2. The van der Waals surface area contributed by atoms with E-state index >= 15 is 0 Å². The number of aromatic nitrogens is 1. The Morgan fingerprint density at radius 1 is 1.19 bits per heavy atom. The zero-order valence-corrected chi connectivity index (χ0v) is 22.3. The number of methoxy groups -OCH3 is 1. The molecule has 1 amide bonds. The lowest BCUT2D eigenvalue weighted by Gasteiger charge is -2.34. The summed E-state index contributed by atoms with van der Waals surface area (Å²) < 4.78 is 18.2. The molecular formula is C27H29FN4O3S2. The Bertz CT molecular complexity index is 1260. The van der Waals surface area contributed by atoms with Crippen LogP contribution in [0.1, 0.15) is 47.6 Å². The summed E-state index contributed by atoms with van der Waals surface area (Å²) in [5, 5.41) is 9.32. The second-order valence-electron chi connectivity index (χ2n) is 8.77. The minimum Gasteiger partial charge on any atom is -0.467 e. The number of esters is 1. The first-order chi connectivity index (χ1) is 17.9. The van der Waals surface area contributed by atoms with E-state index in [1.165, 1.54) is 30.6 Å². The van der Waals surface area contributed by atoms with E-state index < -0.39 is 6.04 Å². The number of likely N-dealkylation sites (tertiary alicyclic amines) is 1. The molecule has 0 aliphatic carbocycles. The van der Waals surface area contributed by atoms with E-state index in [0.29, 0.717) is 22.9 Å². The molecule has 0 saturated carbocycles. The molecule has 0 spiro atoms. The molecule has 1 saturated heterocycles. The van der Waals surface area contributed by atoms with Gasteiger partial charge in [0.25, 0.3) is 5.91 Å². The molecule has 1 aliphatic rings. The van der Waals surface area contributed by atoms with Gasteiger partial charge in [0.2, 0.25) is 0 Å². The van der Waals surface area contributed by atoms with E-state index in [4.69, 9.17) is 17.0 Å². The lowest BCUT2D eigenvalue weighted by atomic mass is 9.98. The van der Waals surface area contributed by atoms with Gasteiger partial charge in [-0.15, -0.1) is 11.3 Å². The molecule has 0 radical (unpaired) electrons. The number of amides is 1. The third-order valence-electron chi connectivity index (χ3n) is 6.41. The van der Waals surface area contributed by atoms with E-state index in [1.807, 2.05) is 31.2 Å². The van der Waals surface area contributed by atoms with E-state index in [-0.39, 0.29) is 23.6 Å². The number of carbonyl (C=O) groups excluding carboxylic acids is 2. The van der Waals surface area contributed by atoms with Gasteiger partial charge in [-0.25, -0.2) is 14.2 Å². The van der Waals surface area contributed by atoms with Gasteiger partial charge in [-0.05, 0) is 55.2 Å². The standard InChI is InChI=1S/C27H29FN4O3S2/c1-3-21(26(34)35-2)31-27(36)32-14-12-18(13-15-32)25-30-23(16-37-25)24(33)29-22-7-5-4-6-20(22)17-8-10-19(28)11-9-17/h4-11,16,18,21H,3,12-15H2,1-2H3,(H,29,33)(H,31,36). The molecule has 2 aromatic carbocycles. The number of ether oxygens (including phenoxy) is 1. The largest absolute Gasteiger partial charge is 0.467 e.